The van der Waals surface area contributed by atoms with Gasteiger partial charge in [-0.15, -0.1) is 0 Å². The monoisotopic (exact) mass is 305 g/mol. The van der Waals surface area contributed by atoms with Crippen LogP contribution in [0.5, 0.6) is 0 Å². The second-order valence-corrected chi connectivity index (χ2v) is 4.67. The number of halogens is 3. The van der Waals surface area contributed by atoms with Crippen LogP contribution < -0.4 is 9.67 Å². The molecule has 0 saturated heterocycles. The minimum Gasteiger partial charge on any atom is -0.542 e. The Bertz CT molecular complexity index is 380. The van der Waals surface area contributed by atoms with Crippen molar-refractivity contribution in [3.63, 3.8) is 0 Å². The topological polar surface area (TPSA) is 44.0 Å². The van der Waals surface area contributed by atoms with E-state index in [4.69, 9.17) is 9.90 Å². The molecule has 21 heavy (non-hydrogen) atoms. The lowest BCUT2D eigenvalue weighted by Gasteiger charge is -2.03. The van der Waals surface area contributed by atoms with Crippen LogP contribution in [-0.4, -0.2) is 12.1 Å². The highest BCUT2D eigenvalue weighted by molar-refractivity contribution is 5.70. The van der Waals surface area contributed by atoms with Gasteiger partial charge in [-0.25, -0.2) is 4.57 Å². The van der Waals surface area contributed by atoms with Crippen LogP contribution in [0.3, 0.4) is 0 Å². The fourth-order valence-corrected chi connectivity index (χ4v) is 1.66. The van der Waals surface area contributed by atoms with Gasteiger partial charge in [-0.1, -0.05) is 38.7 Å². The number of unbranched alkanes of at least 4 members (excludes halogenated alkanes) is 5. The Kier molecular flexibility index (Phi) is 10.3. The molecule has 0 atom stereocenters. The van der Waals surface area contributed by atoms with Crippen molar-refractivity contribution in [1.82, 2.24) is 0 Å². The molecule has 0 unspecified atom stereocenters. The first-order chi connectivity index (χ1) is 9.88. The lowest BCUT2D eigenvalue weighted by molar-refractivity contribution is -0.697. The highest BCUT2D eigenvalue weighted by Gasteiger charge is 2.28. The molecule has 0 aromatic carbocycles. The third kappa shape index (κ3) is 11.9. The summed E-state index contributed by atoms with van der Waals surface area (Å²) in [6.07, 6.45) is 7.35. The molecule has 1 rings (SSSR count). The van der Waals surface area contributed by atoms with Crippen molar-refractivity contribution in [3.8, 4) is 0 Å². The molecule has 0 saturated carbocycles. The minimum absolute atomic E-state index is 1.17. The van der Waals surface area contributed by atoms with Crippen molar-refractivity contribution >= 4 is 5.97 Å². The molecule has 0 N–H and O–H groups in total. The van der Waals surface area contributed by atoms with Crippen molar-refractivity contribution in [2.45, 2.75) is 58.2 Å². The Labute approximate surface area is 123 Å². The summed E-state index contributed by atoms with van der Waals surface area (Å²) in [5.74, 6) is -3.01. The van der Waals surface area contributed by atoms with E-state index in [0.717, 1.165) is 0 Å². The number of carbonyl (C=O) groups excluding carboxylic acids is 1. The molecule has 0 bridgehead atoms. The average Bonchev–Trinajstić information content (AvgIpc) is 2.43. The van der Waals surface area contributed by atoms with E-state index in [9.17, 15) is 13.2 Å². The number of carboxylic acids is 1. The Morgan fingerprint density at radius 2 is 1.48 bits per heavy atom. The zero-order valence-corrected chi connectivity index (χ0v) is 12.2. The molecule has 1 aromatic rings. The molecule has 3 nitrogen and oxygen atoms in total. The van der Waals surface area contributed by atoms with Gasteiger partial charge < -0.3 is 9.90 Å². The molecule has 6 heteroatoms. The number of carbonyl (C=O) groups is 1. The maximum Gasteiger partial charge on any atom is 0.430 e. The molecule has 120 valence electrons. The fraction of sp³-hybridized carbons (Fsp3) is 0.600. The molecule has 0 aliphatic carbocycles. The van der Waals surface area contributed by atoms with Gasteiger partial charge in [0.25, 0.3) is 0 Å². The third-order valence-corrected chi connectivity index (χ3v) is 2.78. The van der Waals surface area contributed by atoms with Gasteiger partial charge >= 0.3 is 6.18 Å². The van der Waals surface area contributed by atoms with Gasteiger partial charge in [0, 0.05) is 18.6 Å². The molecule has 1 aromatic heterocycles. The minimum atomic E-state index is -5.19. The number of aryl methyl sites for hydroxylation is 1. The van der Waals surface area contributed by atoms with E-state index >= 15 is 0 Å². The van der Waals surface area contributed by atoms with E-state index in [1.807, 2.05) is 0 Å². The first-order valence-corrected chi connectivity index (χ1v) is 7.10. The van der Waals surface area contributed by atoms with Crippen LogP contribution in [0.25, 0.3) is 0 Å². The van der Waals surface area contributed by atoms with Crippen molar-refractivity contribution in [3.05, 3.63) is 30.6 Å². The summed E-state index contributed by atoms with van der Waals surface area (Å²) in [4.78, 5) is 8.78. The van der Waals surface area contributed by atoms with Crippen LogP contribution in [0.2, 0.25) is 0 Å². The van der Waals surface area contributed by atoms with E-state index in [2.05, 4.69) is 42.1 Å². The smallest absolute Gasteiger partial charge is 0.430 e. The molecule has 0 aliphatic rings. The van der Waals surface area contributed by atoms with Crippen molar-refractivity contribution in [2.75, 3.05) is 0 Å². The Hall–Kier alpha value is -1.59. The predicted molar refractivity (Wildman–Crippen MR) is 71.1 cm³/mol. The van der Waals surface area contributed by atoms with Gasteiger partial charge in [0.15, 0.2) is 12.4 Å². The van der Waals surface area contributed by atoms with Crippen molar-refractivity contribution < 1.29 is 27.6 Å². The summed E-state index contributed by atoms with van der Waals surface area (Å²) >= 11 is 0. The summed E-state index contributed by atoms with van der Waals surface area (Å²) in [6, 6.07) is 6.26. The van der Waals surface area contributed by atoms with Gasteiger partial charge in [-0.2, -0.15) is 13.2 Å². The molecular formula is C15H22F3NO2. The van der Waals surface area contributed by atoms with E-state index in [1.54, 1.807) is 0 Å². The number of aliphatic carboxylic acids is 1. The van der Waals surface area contributed by atoms with Gasteiger partial charge in [-0.05, 0) is 6.42 Å². The summed E-state index contributed by atoms with van der Waals surface area (Å²) in [5, 5.41) is 8.78. The van der Waals surface area contributed by atoms with Gasteiger partial charge in [0.2, 0.25) is 0 Å². The van der Waals surface area contributed by atoms with Gasteiger partial charge in [0.05, 0.1) is 0 Å². The first kappa shape index (κ1) is 19.4. The average molecular weight is 305 g/mol. The largest absolute Gasteiger partial charge is 0.542 e. The second-order valence-electron chi connectivity index (χ2n) is 4.67. The maximum atomic E-state index is 10.5. The maximum absolute atomic E-state index is 10.5. The summed E-state index contributed by atoms with van der Waals surface area (Å²) in [5.41, 5.74) is 0. The van der Waals surface area contributed by atoms with Gasteiger partial charge in [-0.3, -0.25) is 0 Å². The van der Waals surface area contributed by atoms with Crippen LogP contribution in [0.1, 0.15) is 45.4 Å². The molecule has 1 heterocycles. The zero-order chi connectivity index (χ0) is 16.1. The Morgan fingerprint density at radius 3 is 1.95 bits per heavy atom. The molecule has 0 fully saturated rings. The van der Waals surface area contributed by atoms with Crippen LogP contribution in [0, 0.1) is 0 Å². The molecule has 0 amide bonds. The molecule has 0 radical (unpaired) electrons. The van der Waals surface area contributed by atoms with E-state index in [-0.39, 0.29) is 0 Å². The number of alkyl halides is 3. The number of aromatic nitrogens is 1. The number of hydrogen-bond donors (Lipinski definition) is 0. The SMILES string of the molecule is CCCCCCCC[n+]1ccccc1.O=C([O-])C(F)(F)F. The summed E-state index contributed by atoms with van der Waals surface area (Å²) < 4.78 is 33.8. The quantitative estimate of drug-likeness (QED) is 0.574. The van der Waals surface area contributed by atoms with Crippen LogP contribution >= 0.6 is 0 Å². The normalized spacial score (nSPS) is 10.7. The zero-order valence-electron chi connectivity index (χ0n) is 12.2. The van der Waals surface area contributed by atoms with Crippen molar-refractivity contribution in [1.29, 1.82) is 0 Å². The first-order valence-electron chi connectivity index (χ1n) is 7.10. The summed E-state index contributed by atoms with van der Waals surface area (Å²) in [7, 11) is 0. The van der Waals surface area contributed by atoms with Crippen LogP contribution in [0.4, 0.5) is 13.2 Å². The highest BCUT2D eigenvalue weighted by Crippen LogP contribution is 2.11. The summed E-state index contributed by atoms with van der Waals surface area (Å²) in [6.45, 7) is 3.44. The Morgan fingerprint density at radius 1 is 1.00 bits per heavy atom. The molecule has 0 aliphatic heterocycles. The van der Waals surface area contributed by atoms with Crippen LogP contribution in [-0.2, 0) is 11.3 Å². The molecule has 0 spiro atoms. The standard InChI is InChI=1S/C13H22N.C2HF3O2/c1-2-3-4-5-6-8-11-14-12-9-7-10-13-14;3-2(4,5)1(6)7/h7,9-10,12-13H,2-6,8,11H2,1H3;(H,6,7)/q+1;/p-1. The van der Waals surface area contributed by atoms with E-state index in [0.29, 0.717) is 0 Å². The lowest BCUT2D eigenvalue weighted by atomic mass is 10.1. The lowest BCUT2D eigenvalue weighted by Crippen LogP contribution is -2.37. The number of hydrogen-bond acceptors (Lipinski definition) is 2. The number of carboxylic acid groups (broad SMARTS) is 1. The van der Waals surface area contributed by atoms with E-state index in [1.165, 1.54) is 45.1 Å². The molecular weight excluding hydrogens is 283 g/mol. The second kappa shape index (κ2) is 11.1. The number of pyridine rings is 1. The van der Waals surface area contributed by atoms with Gasteiger partial charge in [0.1, 0.15) is 12.5 Å². The third-order valence-electron chi connectivity index (χ3n) is 2.78. The van der Waals surface area contributed by atoms with E-state index < -0.39 is 12.1 Å². The fourth-order valence-electron chi connectivity index (χ4n) is 1.66. The highest BCUT2D eigenvalue weighted by atomic mass is 19.4. The number of rotatable bonds is 7. The van der Waals surface area contributed by atoms with Crippen LogP contribution in [0.15, 0.2) is 30.6 Å². The predicted octanol–water partition coefficient (Wildman–Crippen LogP) is 2.63. The number of nitrogens with zero attached hydrogens (tertiary/aromatic N) is 1. The Balaban J connectivity index is 0.000000486. The van der Waals surface area contributed by atoms with Crippen molar-refractivity contribution in [2.24, 2.45) is 0 Å².